The predicted octanol–water partition coefficient (Wildman–Crippen LogP) is 2.32. The average Bonchev–Trinajstić information content (AvgIpc) is 2.69. The van der Waals surface area contributed by atoms with Crippen molar-refractivity contribution in [3.63, 3.8) is 0 Å². The molecule has 74 valence electrons. The van der Waals surface area contributed by atoms with E-state index in [1.165, 1.54) is 6.39 Å². The van der Waals surface area contributed by atoms with Gasteiger partial charge in [0.1, 0.15) is 0 Å². The van der Waals surface area contributed by atoms with Crippen LogP contribution in [0.1, 0.15) is 0 Å². The van der Waals surface area contributed by atoms with Gasteiger partial charge >= 0.3 is 0 Å². The Hall–Kier alpha value is -1.81. The Balaban J connectivity index is 2.67. The van der Waals surface area contributed by atoms with E-state index in [9.17, 15) is 4.79 Å². The van der Waals surface area contributed by atoms with Crippen molar-refractivity contribution >= 4 is 33.6 Å². The number of aromatic nitrogens is 2. The van der Waals surface area contributed by atoms with Gasteiger partial charge in [0.2, 0.25) is 0 Å². The van der Waals surface area contributed by atoms with Gasteiger partial charge in [-0.1, -0.05) is 11.6 Å². The summed E-state index contributed by atoms with van der Waals surface area (Å²) in [5, 5.41) is 1.35. The molecule has 0 saturated heterocycles. The van der Waals surface area contributed by atoms with Gasteiger partial charge in [-0.15, -0.1) is 0 Å². The van der Waals surface area contributed by atoms with E-state index in [1.807, 2.05) is 0 Å². The van der Waals surface area contributed by atoms with Gasteiger partial charge in [-0.2, -0.15) is 0 Å². The molecule has 1 aromatic carbocycles. The molecule has 0 saturated carbocycles. The Morgan fingerprint density at radius 3 is 3.13 bits per heavy atom. The summed E-state index contributed by atoms with van der Waals surface area (Å²) in [4.78, 5) is 18.1. The van der Waals surface area contributed by atoms with Gasteiger partial charge in [0.15, 0.2) is 17.5 Å². The van der Waals surface area contributed by atoms with Gasteiger partial charge in [-0.3, -0.25) is 4.79 Å². The van der Waals surface area contributed by atoms with Crippen molar-refractivity contribution in [3.05, 3.63) is 40.0 Å². The molecule has 0 atom stereocenters. The number of pyridine rings is 1. The maximum absolute atomic E-state index is 11.5. The Kier molecular flexibility index (Phi) is 1.61. The molecular weight excluding hydrogens is 216 g/mol. The summed E-state index contributed by atoms with van der Waals surface area (Å²) in [5.41, 5.74) is 1.20. The zero-order chi connectivity index (χ0) is 10.4. The van der Waals surface area contributed by atoms with Crippen LogP contribution < -0.4 is 5.56 Å². The first kappa shape index (κ1) is 8.49. The van der Waals surface area contributed by atoms with Gasteiger partial charge in [0.05, 0.1) is 5.52 Å². The topological polar surface area (TPSA) is 58.9 Å². The highest BCUT2D eigenvalue weighted by molar-refractivity contribution is 6.31. The molecule has 0 aliphatic rings. The molecule has 0 bridgehead atoms. The molecule has 15 heavy (non-hydrogen) atoms. The van der Waals surface area contributed by atoms with E-state index in [2.05, 4.69) is 9.97 Å². The summed E-state index contributed by atoms with van der Waals surface area (Å²) < 4.78 is 5.18. The van der Waals surface area contributed by atoms with E-state index in [0.29, 0.717) is 21.6 Å². The van der Waals surface area contributed by atoms with Crippen LogP contribution in [0.2, 0.25) is 5.02 Å². The third-order valence-electron chi connectivity index (χ3n) is 2.26. The monoisotopic (exact) mass is 220 g/mol. The van der Waals surface area contributed by atoms with Crippen molar-refractivity contribution in [2.45, 2.75) is 0 Å². The minimum atomic E-state index is -0.256. The highest BCUT2D eigenvalue weighted by atomic mass is 35.5. The molecule has 0 aliphatic heterocycles. The molecule has 0 aliphatic carbocycles. The molecular formula is C10H5ClN2O2. The number of rotatable bonds is 0. The minimum absolute atomic E-state index is 0.256. The average molecular weight is 221 g/mol. The van der Waals surface area contributed by atoms with E-state index in [-0.39, 0.29) is 5.56 Å². The number of fused-ring (bicyclic) bond motifs is 3. The van der Waals surface area contributed by atoms with Crippen molar-refractivity contribution in [3.8, 4) is 0 Å². The maximum atomic E-state index is 11.5. The summed E-state index contributed by atoms with van der Waals surface area (Å²) in [6.07, 6.45) is 1.25. The Morgan fingerprint density at radius 2 is 2.27 bits per heavy atom. The fraction of sp³-hybridized carbons (Fsp3) is 0. The van der Waals surface area contributed by atoms with Crippen molar-refractivity contribution < 1.29 is 4.42 Å². The maximum Gasteiger partial charge on any atom is 0.278 e. The van der Waals surface area contributed by atoms with E-state index in [4.69, 9.17) is 16.0 Å². The quantitative estimate of drug-likeness (QED) is 0.633. The summed E-state index contributed by atoms with van der Waals surface area (Å²) in [7, 11) is 0. The third-order valence-corrected chi connectivity index (χ3v) is 2.49. The highest BCUT2D eigenvalue weighted by Crippen LogP contribution is 2.23. The van der Waals surface area contributed by atoms with Crippen molar-refractivity contribution in [1.29, 1.82) is 0 Å². The molecule has 0 amide bonds. The van der Waals surface area contributed by atoms with Crippen LogP contribution in [0.4, 0.5) is 0 Å². The van der Waals surface area contributed by atoms with E-state index < -0.39 is 0 Å². The van der Waals surface area contributed by atoms with Crippen LogP contribution in [-0.4, -0.2) is 9.97 Å². The molecule has 5 heteroatoms. The zero-order valence-corrected chi connectivity index (χ0v) is 8.21. The first-order chi connectivity index (χ1) is 7.25. The fourth-order valence-corrected chi connectivity index (χ4v) is 1.77. The summed E-state index contributed by atoms with van der Waals surface area (Å²) in [6.45, 7) is 0. The summed E-state index contributed by atoms with van der Waals surface area (Å²) >= 11 is 5.87. The number of benzene rings is 1. The molecule has 3 rings (SSSR count). The van der Waals surface area contributed by atoms with Crippen molar-refractivity contribution in [1.82, 2.24) is 9.97 Å². The normalized spacial score (nSPS) is 11.3. The second-order valence-corrected chi connectivity index (χ2v) is 3.61. The van der Waals surface area contributed by atoms with Gasteiger partial charge in [-0.25, -0.2) is 4.98 Å². The van der Waals surface area contributed by atoms with Crippen LogP contribution in [0.25, 0.3) is 22.0 Å². The van der Waals surface area contributed by atoms with Gasteiger partial charge < -0.3 is 9.40 Å². The molecule has 2 heterocycles. The van der Waals surface area contributed by atoms with Gasteiger partial charge in [0, 0.05) is 10.4 Å². The van der Waals surface area contributed by atoms with E-state index in [0.717, 1.165) is 5.39 Å². The SMILES string of the molecule is O=c1[nH]c2ccc(Cl)cc2c2ocnc12. The van der Waals surface area contributed by atoms with E-state index in [1.54, 1.807) is 18.2 Å². The van der Waals surface area contributed by atoms with Crippen LogP contribution in [0, 0.1) is 0 Å². The van der Waals surface area contributed by atoms with Crippen molar-refractivity contribution in [2.24, 2.45) is 0 Å². The number of nitrogens with one attached hydrogen (secondary N) is 1. The zero-order valence-electron chi connectivity index (χ0n) is 7.45. The second-order valence-electron chi connectivity index (χ2n) is 3.17. The first-order valence-electron chi connectivity index (χ1n) is 4.30. The number of oxazole rings is 1. The number of halogens is 1. The largest absolute Gasteiger partial charge is 0.443 e. The lowest BCUT2D eigenvalue weighted by molar-refractivity contribution is 0.605. The molecule has 0 spiro atoms. The summed E-state index contributed by atoms with van der Waals surface area (Å²) in [6, 6.07) is 5.18. The molecule has 4 nitrogen and oxygen atoms in total. The Morgan fingerprint density at radius 1 is 1.40 bits per heavy atom. The molecule has 0 radical (unpaired) electrons. The van der Waals surface area contributed by atoms with E-state index >= 15 is 0 Å². The smallest absolute Gasteiger partial charge is 0.278 e. The van der Waals surface area contributed by atoms with Crippen LogP contribution in [0.5, 0.6) is 0 Å². The van der Waals surface area contributed by atoms with Crippen LogP contribution in [-0.2, 0) is 0 Å². The lowest BCUT2D eigenvalue weighted by Gasteiger charge is -1.97. The highest BCUT2D eigenvalue weighted by Gasteiger charge is 2.09. The third kappa shape index (κ3) is 1.15. The van der Waals surface area contributed by atoms with Crippen molar-refractivity contribution in [2.75, 3.05) is 0 Å². The number of hydrogen-bond donors (Lipinski definition) is 1. The van der Waals surface area contributed by atoms with Gasteiger partial charge in [-0.05, 0) is 18.2 Å². The first-order valence-corrected chi connectivity index (χ1v) is 4.68. The lowest BCUT2D eigenvalue weighted by atomic mass is 10.2. The number of H-pyrrole nitrogens is 1. The predicted molar refractivity (Wildman–Crippen MR) is 57.1 cm³/mol. The molecule has 1 N–H and O–H groups in total. The Labute approximate surface area is 88.5 Å². The van der Waals surface area contributed by atoms with Gasteiger partial charge in [0.25, 0.3) is 5.56 Å². The summed E-state index contributed by atoms with van der Waals surface area (Å²) in [5.74, 6) is 0. The number of hydrogen-bond acceptors (Lipinski definition) is 3. The number of aromatic amines is 1. The minimum Gasteiger partial charge on any atom is -0.443 e. The Bertz CT molecular complexity index is 714. The second kappa shape index (κ2) is 2.84. The molecule has 0 unspecified atom stereocenters. The fourth-order valence-electron chi connectivity index (χ4n) is 1.59. The number of nitrogens with zero attached hydrogens (tertiary/aromatic N) is 1. The standard InChI is InChI=1S/C10H5ClN2O2/c11-5-1-2-7-6(3-5)9-8(10(14)13-7)12-4-15-9/h1-4H,(H,13,14). The van der Waals surface area contributed by atoms with Crippen LogP contribution in [0.15, 0.2) is 33.8 Å². The molecule has 0 fully saturated rings. The molecule has 3 aromatic rings. The lowest BCUT2D eigenvalue weighted by Crippen LogP contribution is -2.05. The van der Waals surface area contributed by atoms with Crippen LogP contribution >= 0.6 is 11.6 Å². The van der Waals surface area contributed by atoms with Crippen LogP contribution in [0.3, 0.4) is 0 Å². The molecule has 2 aromatic heterocycles.